The minimum Gasteiger partial charge on any atom is -0.361 e. The standard InChI is InChI=1S/C16H14N2/c1-12-2-4-13(5-3-12)15-10-16(18-11-15)14-6-8-17-9-7-14/h2-11,18H,1H3. The van der Waals surface area contributed by atoms with Crippen LogP contribution in [-0.2, 0) is 0 Å². The molecule has 0 bridgehead atoms. The van der Waals surface area contributed by atoms with Crippen molar-refractivity contribution in [3.8, 4) is 22.4 Å². The van der Waals surface area contributed by atoms with Crippen molar-refractivity contribution in [1.82, 2.24) is 9.97 Å². The van der Waals surface area contributed by atoms with Gasteiger partial charge >= 0.3 is 0 Å². The van der Waals surface area contributed by atoms with Crippen LogP contribution in [0.3, 0.4) is 0 Å². The van der Waals surface area contributed by atoms with E-state index in [0.717, 1.165) is 11.3 Å². The number of hydrogen-bond donors (Lipinski definition) is 1. The molecule has 0 atom stereocenters. The van der Waals surface area contributed by atoms with Crippen LogP contribution in [-0.4, -0.2) is 9.97 Å². The normalized spacial score (nSPS) is 10.5. The molecule has 0 radical (unpaired) electrons. The zero-order valence-corrected chi connectivity index (χ0v) is 10.2. The van der Waals surface area contributed by atoms with Crippen LogP contribution in [0, 0.1) is 6.92 Å². The predicted molar refractivity (Wildman–Crippen MR) is 74.2 cm³/mol. The molecule has 0 aliphatic carbocycles. The largest absolute Gasteiger partial charge is 0.361 e. The minimum absolute atomic E-state index is 1.12. The van der Waals surface area contributed by atoms with Gasteiger partial charge in [0.1, 0.15) is 0 Å². The topological polar surface area (TPSA) is 28.7 Å². The summed E-state index contributed by atoms with van der Waals surface area (Å²) in [5.74, 6) is 0. The van der Waals surface area contributed by atoms with Crippen LogP contribution in [0.15, 0.2) is 61.1 Å². The van der Waals surface area contributed by atoms with Crippen molar-refractivity contribution >= 4 is 0 Å². The number of hydrogen-bond acceptors (Lipinski definition) is 1. The van der Waals surface area contributed by atoms with Gasteiger partial charge in [-0.05, 0) is 36.2 Å². The third kappa shape index (κ3) is 2.05. The van der Waals surface area contributed by atoms with E-state index in [1.807, 2.05) is 30.7 Å². The number of aromatic amines is 1. The number of nitrogens with zero attached hydrogens (tertiary/aromatic N) is 1. The number of nitrogens with one attached hydrogen (secondary N) is 1. The van der Waals surface area contributed by atoms with Crippen molar-refractivity contribution in [3.05, 3.63) is 66.6 Å². The first-order valence-electron chi connectivity index (χ1n) is 5.99. The van der Waals surface area contributed by atoms with E-state index < -0.39 is 0 Å². The molecule has 18 heavy (non-hydrogen) atoms. The summed E-state index contributed by atoms with van der Waals surface area (Å²) in [6.45, 7) is 2.10. The zero-order chi connectivity index (χ0) is 12.4. The summed E-state index contributed by atoms with van der Waals surface area (Å²) in [5, 5.41) is 0. The van der Waals surface area contributed by atoms with Crippen molar-refractivity contribution in [2.24, 2.45) is 0 Å². The lowest BCUT2D eigenvalue weighted by atomic mass is 10.1. The van der Waals surface area contributed by atoms with Gasteiger partial charge in [-0.3, -0.25) is 4.98 Å². The van der Waals surface area contributed by atoms with Gasteiger partial charge in [0.25, 0.3) is 0 Å². The average molecular weight is 234 g/mol. The second kappa shape index (κ2) is 4.49. The van der Waals surface area contributed by atoms with Crippen molar-refractivity contribution in [2.45, 2.75) is 6.92 Å². The van der Waals surface area contributed by atoms with Gasteiger partial charge in [-0.15, -0.1) is 0 Å². The molecule has 0 unspecified atom stereocenters. The first-order valence-corrected chi connectivity index (χ1v) is 5.99. The van der Waals surface area contributed by atoms with Crippen molar-refractivity contribution < 1.29 is 0 Å². The van der Waals surface area contributed by atoms with Gasteiger partial charge in [0, 0.05) is 29.8 Å². The molecule has 88 valence electrons. The molecule has 0 fully saturated rings. The van der Waals surface area contributed by atoms with Crippen molar-refractivity contribution in [3.63, 3.8) is 0 Å². The molecule has 0 aliphatic heterocycles. The monoisotopic (exact) mass is 234 g/mol. The van der Waals surface area contributed by atoms with Crippen LogP contribution in [0.4, 0.5) is 0 Å². The molecule has 2 nitrogen and oxygen atoms in total. The molecule has 2 heterocycles. The lowest BCUT2D eigenvalue weighted by molar-refractivity contribution is 1.31. The summed E-state index contributed by atoms with van der Waals surface area (Å²) in [4.78, 5) is 7.34. The Kier molecular flexibility index (Phi) is 2.69. The molecule has 3 rings (SSSR count). The maximum absolute atomic E-state index is 4.03. The Morgan fingerprint density at radius 3 is 2.28 bits per heavy atom. The zero-order valence-electron chi connectivity index (χ0n) is 10.2. The Morgan fingerprint density at radius 1 is 0.833 bits per heavy atom. The summed E-state index contributed by atoms with van der Waals surface area (Å²) >= 11 is 0. The van der Waals surface area contributed by atoms with Gasteiger partial charge in [-0.2, -0.15) is 0 Å². The lowest BCUT2D eigenvalue weighted by Gasteiger charge is -1.98. The summed E-state index contributed by atoms with van der Waals surface area (Å²) in [6, 6.07) is 14.7. The minimum atomic E-state index is 1.12. The molecule has 1 N–H and O–H groups in total. The van der Waals surface area contributed by atoms with Crippen LogP contribution in [0.1, 0.15) is 5.56 Å². The Labute approximate surface area is 106 Å². The van der Waals surface area contributed by atoms with Gasteiger partial charge in [-0.1, -0.05) is 29.8 Å². The highest BCUT2D eigenvalue weighted by Gasteiger charge is 2.03. The number of aromatic nitrogens is 2. The van der Waals surface area contributed by atoms with Gasteiger partial charge in [0.2, 0.25) is 0 Å². The SMILES string of the molecule is Cc1ccc(-c2c[nH]c(-c3ccncc3)c2)cc1. The first-order chi connectivity index (χ1) is 8.83. The summed E-state index contributed by atoms with van der Waals surface area (Å²) in [6.07, 6.45) is 5.66. The van der Waals surface area contributed by atoms with E-state index >= 15 is 0 Å². The van der Waals surface area contributed by atoms with Crippen LogP contribution in [0.2, 0.25) is 0 Å². The highest BCUT2D eigenvalue weighted by molar-refractivity contribution is 5.71. The molecule has 0 amide bonds. The van der Waals surface area contributed by atoms with E-state index in [0.29, 0.717) is 0 Å². The van der Waals surface area contributed by atoms with Crippen molar-refractivity contribution in [2.75, 3.05) is 0 Å². The van der Waals surface area contributed by atoms with Gasteiger partial charge in [0.05, 0.1) is 0 Å². The van der Waals surface area contributed by atoms with Gasteiger partial charge < -0.3 is 4.98 Å². The Bertz CT molecular complexity index is 636. The number of rotatable bonds is 2. The number of aryl methyl sites for hydroxylation is 1. The summed E-state index contributed by atoms with van der Waals surface area (Å²) < 4.78 is 0. The van der Waals surface area contributed by atoms with E-state index in [-0.39, 0.29) is 0 Å². The maximum atomic E-state index is 4.03. The van der Waals surface area contributed by atoms with Crippen LogP contribution >= 0.6 is 0 Å². The number of pyridine rings is 1. The van der Waals surface area contributed by atoms with Crippen LogP contribution in [0.5, 0.6) is 0 Å². The van der Waals surface area contributed by atoms with E-state index in [1.54, 1.807) is 0 Å². The molecule has 0 spiro atoms. The molecule has 0 saturated carbocycles. The van der Waals surface area contributed by atoms with Crippen LogP contribution in [0.25, 0.3) is 22.4 Å². The predicted octanol–water partition coefficient (Wildman–Crippen LogP) is 4.05. The molecule has 2 aromatic heterocycles. The second-order valence-corrected chi connectivity index (χ2v) is 4.40. The Balaban J connectivity index is 1.97. The molecule has 0 aliphatic rings. The third-order valence-electron chi connectivity index (χ3n) is 3.06. The smallest absolute Gasteiger partial charge is 0.0461 e. The number of H-pyrrole nitrogens is 1. The molecule has 1 aromatic carbocycles. The molecular weight excluding hydrogens is 220 g/mol. The van der Waals surface area contributed by atoms with Crippen LogP contribution < -0.4 is 0 Å². The summed E-state index contributed by atoms with van der Waals surface area (Å²) in [5.41, 5.74) is 6.00. The fraction of sp³-hybridized carbons (Fsp3) is 0.0625. The molecule has 2 heteroatoms. The van der Waals surface area contributed by atoms with Gasteiger partial charge in [-0.25, -0.2) is 0 Å². The highest BCUT2D eigenvalue weighted by atomic mass is 14.7. The molecular formula is C16H14N2. The number of benzene rings is 1. The fourth-order valence-corrected chi connectivity index (χ4v) is 2.01. The van der Waals surface area contributed by atoms with Gasteiger partial charge in [0.15, 0.2) is 0 Å². The highest BCUT2D eigenvalue weighted by Crippen LogP contribution is 2.25. The molecule has 3 aromatic rings. The van der Waals surface area contributed by atoms with E-state index in [2.05, 4.69) is 47.2 Å². The second-order valence-electron chi connectivity index (χ2n) is 4.40. The van der Waals surface area contributed by atoms with E-state index in [4.69, 9.17) is 0 Å². The lowest BCUT2D eigenvalue weighted by Crippen LogP contribution is -1.76. The first kappa shape index (κ1) is 10.8. The maximum Gasteiger partial charge on any atom is 0.0461 e. The van der Waals surface area contributed by atoms with Crippen molar-refractivity contribution in [1.29, 1.82) is 0 Å². The molecule has 0 saturated heterocycles. The Hall–Kier alpha value is -2.35. The quantitative estimate of drug-likeness (QED) is 0.712. The fourth-order valence-electron chi connectivity index (χ4n) is 2.01. The van der Waals surface area contributed by atoms with E-state index in [1.165, 1.54) is 16.7 Å². The Morgan fingerprint density at radius 2 is 1.56 bits per heavy atom. The average Bonchev–Trinajstić information content (AvgIpc) is 2.90. The van der Waals surface area contributed by atoms with E-state index in [9.17, 15) is 0 Å². The summed E-state index contributed by atoms with van der Waals surface area (Å²) in [7, 11) is 0. The third-order valence-corrected chi connectivity index (χ3v) is 3.06.